The molecule has 0 radical (unpaired) electrons. The highest BCUT2D eigenvalue weighted by Gasteiger charge is 2.16. The first-order valence-electron chi connectivity index (χ1n) is 6.29. The summed E-state index contributed by atoms with van der Waals surface area (Å²) in [5, 5.41) is 0. The minimum absolute atomic E-state index is 0.179. The van der Waals surface area contributed by atoms with Crippen molar-refractivity contribution in [1.29, 1.82) is 0 Å². The molecule has 1 unspecified atom stereocenters. The average molecular weight is 276 g/mol. The monoisotopic (exact) mass is 276 g/mol. The molecule has 0 saturated carbocycles. The van der Waals surface area contributed by atoms with Crippen molar-refractivity contribution in [1.82, 2.24) is 4.90 Å². The lowest BCUT2D eigenvalue weighted by Gasteiger charge is -2.20. The SMILES string of the molecule is C#CCC(N)C(=O)N(C)CCOc1ccc(OC)cc1. The van der Waals surface area contributed by atoms with Crippen LogP contribution in [0, 0.1) is 12.3 Å². The molecular formula is C15H20N2O3. The number of rotatable bonds is 7. The lowest BCUT2D eigenvalue weighted by molar-refractivity contribution is -0.131. The Hall–Kier alpha value is -2.19. The fourth-order valence-corrected chi connectivity index (χ4v) is 1.58. The van der Waals surface area contributed by atoms with E-state index in [1.54, 1.807) is 14.2 Å². The van der Waals surface area contributed by atoms with Gasteiger partial charge in [-0.1, -0.05) is 0 Å². The molecule has 1 rings (SSSR count). The van der Waals surface area contributed by atoms with Gasteiger partial charge in [-0.15, -0.1) is 12.3 Å². The summed E-state index contributed by atoms with van der Waals surface area (Å²) in [6.07, 6.45) is 5.37. The maximum atomic E-state index is 11.8. The summed E-state index contributed by atoms with van der Waals surface area (Å²) in [5.41, 5.74) is 5.66. The Labute approximate surface area is 119 Å². The Kier molecular flexibility index (Phi) is 6.41. The molecule has 0 spiro atoms. The standard InChI is InChI=1S/C15H20N2O3/c1-4-5-14(16)15(18)17(2)10-11-20-13-8-6-12(19-3)7-9-13/h1,6-9,14H,5,10-11,16H2,2-3H3. The number of nitrogens with two attached hydrogens (primary N) is 1. The Morgan fingerprint density at radius 2 is 2.00 bits per heavy atom. The van der Waals surface area contributed by atoms with Crippen molar-refractivity contribution in [2.75, 3.05) is 27.3 Å². The number of carbonyl (C=O) groups excluding carboxylic acids is 1. The van der Waals surface area contributed by atoms with Crippen molar-refractivity contribution in [3.63, 3.8) is 0 Å². The number of hydrogen-bond acceptors (Lipinski definition) is 4. The number of terminal acetylenes is 1. The van der Waals surface area contributed by atoms with Crippen LogP contribution in [0.25, 0.3) is 0 Å². The summed E-state index contributed by atoms with van der Waals surface area (Å²) in [5.74, 6) is 3.69. The molecule has 108 valence electrons. The average Bonchev–Trinajstić information content (AvgIpc) is 2.47. The van der Waals surface area contributed by atoms with Gasteiger partial charge in [0.2, 0.25) is 5.91 Å². The van der Waals surface area contributed by atoms with Gasteiger partial charge in [0.1, 0.15) is 18.1 Å². The summed E-state index contributed by atoms with van der Waals surface area (Å²) >= 11 is 0. The van der Waals surface area contributed by atoms with E-state index >= 15 is 0 Å². The smallest absolute Gasteiger partial charge is 0.240 e. The number of benzene rings is 1. The number of ether oxygens (including phenoxy) is 2. The molecule has 5 heteroatoms. The minimum Gasteiger partial charge on any atom is -0.497 e. The lowest BCUT2D eigenvalue weighted by atomic mass is 10.2. The second-order valence-electron chi connectivity index (χ2n) is 4.30. The van der Waals surface area contributed by atoms with Crippen LogP contribution in [-0.4, -0.2) is 44.2 Å². The minimum atomic E-state index is -0.647. The second-order valence-corrected chi connectivity index (χ2v) is 4.30. The number of methoxy groups -OCH3 is 1. The van der Waals surface area contributed by atoms with Gasteiger partial charge in [0, 0.05) is 13.5 Å². The molecule has 0 aliphatic rings. The molecule has 0 heterocycles. The van der Waals surface area contributed by atoms with Crippen molar-refractivity contribution in [2.24, 2.45) is 5.73 Å². The molecule has 0 saturated heterocycles. The molecule has 0 aliphatic carbocycles. The van der Waals surface area contributed by atoms with E-state index in [-0.39, 0.29) is 12.3 Å². The van der Waals surface area contributed by atoms with Crippen molar-refractivity contribution in [2.45, 2.75) is 12.5 Å². The zero-order valence-corrected chi connectivity index (χ0v) is 11.8. The van der Waals surface area contributed by atoms with Crippen LogP contribution < -0.4 is 15.2 Å². The molecule has 1 aromatic carbocycles. The molecule has 0 aromatic heterocycles. The number of nitrogens with zero attached hydrogens (tertiary/aromatic N) is 1. The number of carbonyl (C=O) groups is 1. The van der Waals surface area contributed by atoms with Crippen molar-refractivity contribution < 1.29 is 14.3 Å². The molecule has 1 atom stereocenters. The van der Waals surface area contributed by atoms with E-state index in [0.717, 1.165) is 11.5 Å². The van der Waals surface area contributed by atoms with Gasteiger partial charge in [-0.3, -0.25) is 4.79 Å². The maximum absolute atomic E-state index is 11.8. The molecule has 0 bridgehead atoms. The molecule has 20 heavy (non-hydrogen) atoms. The summed E-state index contributed by atoms with van der Waals surface area (Å²) in [6.45, 7) is 0.834. The highest BCUT2D eigenvalue weighted by molar-refractivity contribution is 5.81. The Balaban J connectivity index is 2.36. The van der Waals surface area contributed by atoms with Gasteiger partial charge in [-0.2, -0.15) is 0 Å². The van der Waals surface area contributed by atoms with Gasteiger partial charge in [0.25, 0.3) is 0 Å². The fourth-order valence-electron chi connectivity index (χ4n) is 1.58. The highest BCUT2D eigenvalue weighted by atomic mass is 16.5. The number of amides is 1. The van der Waals surface area contributed by atoms with Crippen LogP contribution in [0.5, 0.6) is 11.5 Å². The number of likely N-dealkylation sites (N-methyl/N-ethyl adjacent to an activating group) is 1. The predicted octanol–water partition coefficient (Wildman–Crippen LogP) is 0.883. The van der Waals surface area contributed by atoms with E-state index in [9.17, 15) is 4.79 Å². The third-order valence-corrected chi connectivity index (χ3v) is 2.79. The third-order valence-electron chi connectivity index (χ3n) is 2.79. The largest absolute Gasteiger partial charge is 0.497 e. The molecule has 1 aromatic rings. The van der Waals surface area contributed by atoms with E-state index in [1.165, 1.54) is 4.90 Å². The first-order chi connectivity index (χ1) is 9.58. The quantitative estimate of drug-likeness (QED) is 0.751. The van der Waals surface area contributed by atoms with E-state index in [0.29, 0.717) is 13.2 Å². The lowest BCUT2D eigenvalue weighted by Crippen LogP contribution is -2.43. The van der Waals surface area contributed by atoms with E-state index in [2.05, 4.69) is 5.92 Å². The van der Waals surface area contributed by atoms with E-state index < -0.39 is 6.04 Å². The zero-order valence-electron chi connectivity index (χ0n) is 11.8. The summed E-state index contributed by atoms with van der Waals surface area (Å²) < 4.78 is 10.6. The van der Waals surface area contributed by atoms with Gasteiger partial charge in [0.05, 0.1) is 19.7 Å². The van der Waals surface area contributed by atoms with E-state index in [4.69, 9.17) is 21.6 Å². The molecular weight excluding hydrogens is 256 g/mol. The van der Waals surface area contributed by atoms with Crippen LogP contribution in [0.1, 0.15) is 6.42 Å². The van der Waals surface area contributed by atoms with Gasteiger partial charge in [-0.25, -0.2) is 0 Å². The normalized spacial score (nSPS) is 11.3. The van der Waals surface area contributed by atoms with Gasteiger partial charge in [0.15, 0.2) is 0 Å². The summed E-state index contributed by atoms with van der Waals surface area (Å²) in [7, 11) is 3.28. The molecule has 1 amide bonds. The van der Waals surface area contributed by atoms with Crippen molar-refractivity contribution in [3.8, 4) is 23.8 Å². The topological polar surface area (TPSA) is 64.8 Å². The molecule has 0 aliphatic heterocycles. The summed E-state index contributed by atoms with van der Waals surface area (Å²) in [4.78, 5) is 13.3. The molecule has 2 N–H and O–H groups in total. The van der Waals surface area contributed by atoms with Gasteiger partial charge >= 0.3 is 0 Å². The van der Waals surface area contributed by atoms with Gasteiger partial charge in [-0.05, 0) is 24.3 Å². The zero-order chi connectivity index (χ0) is 15.0. The first kappa shape index (κ1) is 15.9. The number of hydrogen-bond donors (Lipinski definition) is 1. The van der Waals surface area contributed by atoms with Crippen molar-refractivity contribution >= 4 is 5.91 Å². The molecule has 0 fully saturated rings. The van der Waals surface area contributed by atoms with Crippen molar-refractivity contribution in [3.05, 3.63) is 24.3 Å². The van der Waals surface area contributed by atoms with Crippen LogP contribution in [0.15, 0.2) is 24.3 Å². The Morgan fingerprint density at radius 1 is 1.40 bits per heavy atom. The van der Waals surface area contributed by atoms with Crippen LogP contribution in [0.4, 0.5) is 0 Å². The third kappa shape index (κ3) is 4.82. The van der Waals surface area contributed by atoms with Crippen LogP contribution >= 0.6 is 0 Å². The molecule has 5 nitrogen and oxygen atoms in total. The Morgan fingerprint density at radius 3 is 2.55 bits per heavy atom. The van der Waals surface area contributed by atoms with Gasteiger partial charge < -0.3 is 20.1 Å². The predicted molar refractivity (Wildman–Crippen MR) is 77.6 cm³/mol. The second kappa shape index (κ2) is 8.08. The fraction of sp³-hybridized carbons (Fsp3) is 0.400. The highest BCUT2D eigenvalue weighted by Crippen LogP contribution is 2.16. The summed E-state index contributed by atoms with van der Waals surface area (Å²) in [6, 6.07) is 6.60. The van der Waals surface area contributed by atoms with Crippen LogP contribution in [0.2, 0.25) is 0 Å². The first-order valence-corrected chi connectivity index (χ1v) is 6.29. The Bertz CT molecular complexity index is 465. The van der Waals surface area contributed by atoms with Crippen LogP contribution in [-0.2, 0) is 4.79 Å². The van der Waals surface area contributed by atoms with Crippen LogP contribution in [0.3, 0.4) is 0 Å². The maximum Gasteiger partial charge on any atom is 0.240 e. The van der Waals surface area contributed by atoms with E-state index in [1.807, 2.05) is 24.3 Å².